The summed E-state index contributed by atoms with van der Waals surface area (Å²) in [5.74, 6) is -0.515. The first-order valence-electron chi connectivity index (χ1n) is 10.3. The summed E-state index contributed by atoms with van der Waals surface area (Å²) >= 11 is 12.1. The number of aromatic nitrogens is 1. The maximum Gasteiger partial charge on any atom is 0.352 e. The number of aromatic carboxylic acids is 1. The predicted octanol–water partition coefficient (Wildman–Crippen LogP) is 3.77. The van der Waals surface area contributed by atoms with Gasteiger partial charge in [-0.25, -0.2) is 4.79 Å². The van der Waals surface area contributed by atoms with Crippen molar-refractivity contribution >= 4 is 40.1 Å². The highest BCUT2D eigenvalue weighted by Gasteiger charge is 2.19. The van der Waals surface area contributed by atoms with E-state index in [2.05, 4.69) is 4.90 Å². The zero-order chi connectivity index (χ0) is 22.7. The number of hydrogen-bond donors (Lipinski definition) is 2. The first kappa shape index (κ1) is 22.9. The molecule has 32 heavy (non-hydrogen) atoms. The average Bonchev–Trinajstić information content (AvgIpc) is 3.15. The minimum atomic E-state index is -1.04. The van der Waals surface area contributed by atoms with E-state index in [9.17, 15) is 15.0 Å². The molecule has 1 aromatic heterocycles. The third-order valence-corrected chi connectivity index (χ3v) is 6.19. The van der Waals surface area contributed by atoms with Crippen molar-refractivity contribution in [1.29, 1.82) is 0 Å². The fraction of sp³-hybridized carbons (Fsp3) is 0.348. The van der Waals surface area contributed by atoms with E-state index in [1.807, 2.05) is 18.2 Å². The van der Waals surface area contributed by atoms with E-state index in [0.717, 1.165) is 18.7 Å². The van der Waals surface area contributed by atoms with Gasteiger partial charge in [0.2, 0.25) is 0 Å². The number of ether oxygens (including phenoxy) is 2. The average molecular weight is 479 g/mol. The van der Waals surface area contributed by atoms with Gasteiger partial charge in [0.15, 0.2) is 0 Å². The number of hydrogen-bond acceptors (Lipinski definition) is 5. The monoisotopic (exact) mass is 478 g/mol. The summed E-state index contributed by atoms with van der Waals surface area (Å²) in [5, 5.41) is 21.7. The third kappa shape index (κ3) is 5.19. The fourth-order valence-electron chi connectivity index (χ4n) is 3.87. The summed E-state index contributed by atoms with van der Waals surface area (Å²) < 4.78 is 12.9. The standard InChI is InChI=1S/C23H24Cl2N2O5/c24-18-5-4-15(10-19(18)25)12-27-20-2-1-3-22(17(20)11-21(27)23(29)30)32-14-16(28)13-26-6-8-31-9-7-26/h1-5,10-11,16,28H,6-9,12-14H2,(H,29,30). The number of carboxylic acid groups (broad SMARTS) is 1. The van der Waals surface area contributed by atoms with Gasteiger partial charge in [0, 0.05) is 31.6 Å². The van der Waals surface area contributed by atoms with E-state index in [4.69, 9.17) is 32.7 Å². The second-order valence-electron chi connectivity index (χ2n) is 7.74. The molecule has 0 amide bonds. The highest BCUT2D eigenvalue weighted by atomic mass is 35.5. The SMILES string of the molecule is O=C(O)c1cc2c(OCC(O)CN3CCOCC3)cccc2n1Cc1ccc(Cl)c(Cl)c1. The van der Waals surface area contributed by atoms with Crippen LogP contribution < -0.4 is 4.74 Å². The lowest BCUT2D eigenvalue weighted by Crippen LogP contribution is -2.42. The fourth-order valence-corrected chi connectivity index (χ4v) is 4.19. The molecule has 0 saturated carbocycles. The molecule has 170 valence electrons. The maximum atomic E-state index is 11.9. The van der Waals surface area contributed by atoms with E-state index < -0.39 is 12.1 Å². The van der Waals surface area contributed by atoms with Crippen LogP contribution in [0.2, 0.25) is 10.0 Å². The second-order valence-corrected chi connectivity index (χ2v) is 8.55. The number of nitrogens with zero attached hydrogens (tertiary/aromatic N) is 2. The second kappa shape index (κ2) is 10.1. The maximum absolute atomic E-state index is 11.9. The molecule has 1 aliphatic heterocycles. The number of carboxylic acids is 1. The first-order chi connectivity index (χ1) is 15.4. The molecule has 1 aliphatic rings. The number of aliphatic hydroxyl groups is 1. The van der Waals surface area contributed by atoms with Gasteiger partial charge < -0.3 is 24.3 Å². The lowest BCUT2D eigenvalue weighted by molar-refractivity contribution is 0.00479. The van der Waals surface area contributed by atoms with Crippen molar-refractivity contribution in [3.05, 3.63) is 63.8 Å². The summed E-state index contributed by atoms with van der Waals surface area (Å²) in [5.41, 5.74) is 1.68. The van der Waals surface area contributed by atoms with Gasteiger partial charge in [0.05, 0.1) is 28.8 Å². The Morgan fingerprint density at radius 3 is 2.62 bits per heavy atom. The van der Waals surface area contributed by atoms with Crippen molar-refractivity contribution < 1.29 is 24.5 Å². The molecule has 9 heteroatoms. The summed E-state index contributed by atoms with van der Waals surface area (Å²) in [7, 11) is 0. The zero-order valence-electron chi connectivity index (χ0n) is 17.3. The van der Waals surface area contributed by atoms with Gasteiger partial charge in [-0.15, -0.1) is 0 Å². The molecule has 0 bridgehead atoms. The third-order valence-electron chi connectivity index (χ3n) is 5.45. The van der Waals surface area contributed by atoms with Gasteiger partial charge in [-0.05, 0) is 35.9 Å². The predicted molar refractivity (Wildman–Crippen MR) is 123 cm³/mol. The smallest absolute Gasteiger partial charge is 0.352 e. The van der Waals surface area contributed by atoms with Crippen molar-refractivity contribution in [2.75, 3.05) is 39.5 Å². The van der Waals surface area contributed by atoms with Crippen LogP contribution in [0, 0.1) is 0 Å². The molecule has 0 radical (unpaired) electrons. The highest BCUT2D eigenvalue weighted by Crippen LogP contribution is 2.31. The summed E-state index contributed by atoms with van der Waals surface area (Å²) in [6.07, 6.45) is -0.666. The van der Waals surface area contributed by atoms with E-state index in [1.165, 1.54) is 0 Å². The van der Waals surface area contributed by atoms with E-state index >= 15 is 0 Å². The van der Waals surface area contributed by atoms with Crippen LogP contribution in [0.5, 0.6) is 5.75 Å². The molecule has 1 saturated heterocycles. The number of morpholine rings is 1. The van der Waals surface area contributed by atoms with Gasteiger partial charge in [-0.2, -0.15) is 0 Å². The van der Waals surface area contributed by atoms with Crippen LogP contribution >= 0.6 is 23.2 Å². The van der Waals surface area contributed by atoms with Crippen molar-refractivity contribution in [3.8, 4) is 5.75 Å². The van der Waals surface area contributed by atoms with Crippen molar-refractivity contribution in [2.45, 2.75) is 12.6 Å². The molecule has 2 N–H and O–H groups in total. The number of rotatable bonds is 8. The Hall–Kier alpha value is -2.29. The van der Waals surface area contributed by atoms with Crippen LogP contribution in [0.4, 0.5) is 0 Å². The van der Waals surface area contributed by atoms with E-state index in [0.29, 0.717) is 53.0 Å². The number of halogens is 2. The van der Waals surface area contributed by atoms with Gasteiger partial charge in [-0.1, -0.05) is 35.3 Å². The van der Waals surface area contributed by atoms with Crippen LogP contribution in [0.25, 0.3) is 10.9 Å². The lowest BCUT2D eigenvalue weighted by atomic mass is 10.2. The van der Waals surface area contributed by atoms with Gasteiger partial charge in [0.1, 0.15) is 24.2 Å². The van der Waals surface area contributed by atoms with Crippen LogP contribution in [0.1, 0.15) is 16.1 Å². The normalized spacial score (nSPS) is 15.7. The molecule has 2 aromatic carbocycles. The molecule has 0 spiro atoms. The zero-order valence-corrected chi connectivity index (χ0v) is 18.8. The molecule has 4 rings (SSSR count). The highest BCUT2D eigenvalue weighted by molar-refractivity contribution is 6.42. The Morgan fingerprint density at radius 2 is 1.91 bits per heavy atom. The Balaban J connectivity index is 1.56. The van der Waals surface area contributed by atoms with Crippen LogP contribution in [0.15, 0.2) is 42.5 Å². The number of fused-ring (bicyclic) bond motifs is 1. The van der Waals surface area contributed by atoms with Crippen molar-refractivity contribution in [2.24, 2.45) is 0 Å². The van der Waals surface area contributed by atoms with Crippen LogP contribution in [0.3, 0.4) is 0 Å². The molecule has 7 nitrogen and oxygen atoms in total. The summed E-state index contributed by atoms with van der Waals surface area (Å²) in [6.45, 7) is 3.81. The minimum absolute atomic E-state index is 0.108. The topological polar surface area (TPSA) is 84.2 Å². The summed E-state index contributed by atoms with van der Waals surface area (Å²) in [6, 6.07) is 12.3. The van der Waals surface area contributed by atoms with Crippen molar-refractivity contribution in [1.82, 2.24) is 9.47 Å². The van der Waals surface area contributed by atoms with Crippen LogP contribution in [-0.4, -0.2) is 71.2 Å². The van der Waals surface area contributed by atoms with E-state index in [1.54, 1.807) is 28.8 Å². The number of aliphatic hydroxyl groups excluding tert-OH is 1. The molecule has 3 aromatic rings. The Bertz CT molecular complexity index is 1110. The lowest BCUT2D eigenvalue weighted by Gasteiger charge is -2.28. The molecule has 1 fully saturated rings. The molecular weight excluding hydrogens is 455 g/mol. The summed E-state index contributed by atoms with van der Waals surface area (Å²) in [4.78, 5) is 14.1. The largest absolute Gasteiger partial charge is 0.490 e. The van der Waals surface area contributed by atoms with Crippen molar-refractivity contribution in [3.63, 3.8) is 0 Å². The molecular formula is C23H24Cl2N2O5. The Labute approximate surface area is 195 Å². The molecule has 2 heterocycles. The number of benzene rings is 2. The van der Waals surface area contributed by atoms with E-state index in [-0.39, 0.29) is 12.3 Å². The molecule has 1 unspecified atom stereocenters. The van der Waals surface area contributed by atoms with Gasteiger partial charge in [0.25, 0.3) is 0 Å². The van der Waals surface area contributed by atoms with Gasteiger partial charge in [-0.3, -0.25) is 4.90 Å². The van der Waals surface area contributed by atoms with Crippen LogP contribution in [-0.2, 0) is 11.3 Å². The minimum Gasteiger partial charge on any atom is -0.490 e. The Kier molecular flexibility index (Phi) is 7.23. The first-order valence-corrected chi connectivity index (χ1v) is 11.1. The quantitative estimate of drug-likeness (QED) is 0.512. The van der Waals surface area contributed by atoms with Gasteiger partial charge >= 0.3 is 5.97 Å². The number of carbonyl (C=O) groups is 1. The molecule has 1 atom stereocenters. The Morgan fingerprint density at radius 1 is 1.12 bits per heavy atom. The molecule has 0 aliphatic carbocycles. The number of β-amino-alcohol motifs (C(OH)–C–C–N with tert-alkyl or cyclic N) is 1.